The van der Waals surface area contributed by atoms with E-state index in [1.165, 1.54) is 0 Å². The highest BCUT2D eigenvalue weighted by molar-refractivity contribution is 6.08. The molecular formula is C14H18N4O3. The molecule has 0 aliphatic heterocycles. The van der Waals surface area contributed by atoms with Gasteiger partial charge in [-0.3, -0.25) is 9.59 Å². The van der Waals surface area contributed by atoms with Crippen LogP contribution in [0.1, 0.15) is 21.6 Å². The SMILES string of the molecule is CON(C)Cc1ccc2c(C(N)=O)c(CC(N)=O)[nH]c2c1. The van der Waals surface area contributed by atoms with Crippen LogP contribution in [0.15, 0.2) is 18.2 Å². The van der Waals surface area contributed by atoms with E-state index in [0.29, 0.717) is 23.2 Å². The van der Waals surface area contributed by atoms with Crippen LogP contribution in [0.25, 0.3) is 10.9 Å². The van der Waals surface area contributed by atoms with E-state index in [0.717, 1.165) is 11.1 Å². The van der Waals surface area contributed by atoms with E-state index in [1.54, 1.807) is 18.2 Å². The van der Waals surface area contributed by atoms with Crippen molar-refractivity contribution in [2.45, 2.75) is 13.0 Å². The summed E-state index contributed by atoms with van der Waals surface area (Å²) in [4.78, 5) is 30.8. The predicted molar refractivity (Wildman–Crippen MR) is 78.2 cm³/mol. The number of hydrogen-bond donors (Lipinski definition) is 3. The maximum Gasteiger partial charge on any atom is 0.251 e. The summed E-state index contributed by atoms with van der Waals surface area (Å²) < 4.78 is 0. The topological polar surface area (TPSA) is 114 Å². The fraction of sp³-hybridized carbons (Fsp3) is 0.286. The maximum atomic E-state index is 11.6. The van der Waals surface area contributed by atoms with Gasteiger partial charge in [0.1, 0.15) is 0 Å². The van der Waals surface area contributed by atoms with Crippen molar-refractivity contribution in [3.8, 4) is 0 Å². The molecule has 1 aromatic heterocycles. The minimum absolute atomic E-state index is 0.0553. The van der Waals surface area contributed by atoms with Crippen LogP contribution in [0.2, 0.25) is 0 Å². The number of rotatable bonds is 6. The van der Waals surface area contributed by atoms with Crippen LogP contribution in [0.5, 0.6) is 0 Å². The molecule has 1 heterocycles. The van der Waals surface area contributed by atoms with Gasteiger partial charge in [-0.25, -0.2) is 0 Å². The van der Waals surface area contributed by atoms with E-state index in [1.807, 2.05) is 19.2 Å². The second-order valence-electron chi connectivity index (χ2n) is 4.83. The van der Waals surface area contributed by atoms with Crippen molar-refractivity contribution in [3.63, 3.8) is 0 Å². The zero-order valence-corrected chi connectivity index (χ0v) is 12.0. The summed E-state index contributed by atoms with van der Waals surface area (Å²) >= 11 is 0. The third kappa shape index (κ3) is 3.21. The number of carbonyl (C=O) groups excluding carboxylic acids is 2. The van der Waals surface area contributed by atoms with Gasteiger partial charge in [0.2, 0.25) is 5.91 Å². The summed E-state index contributed by atoms with van der Waals surface area (Å²) in [5.74, 6) is -1.11. The molecule has 5 N–H and O–H groups in total. The standard InChI is InChI=1S/C14H18N4O3/c1-18(21-2)7-8-3-4-9-10(5-8)17-11(6-12(15)19)13(9)14(16)20/h3-5,17H,6-7H2,1-2H3,(H2,15,19)(H2,16,20). The van der Waals surface area contributed by atoms with Crippen molar-refractivity contribution in [2.75, 3.05) is 14.2 Å². The fourth-order valence-corrected chi connectivity index (χ4v) is 2.31. The summed E-state index contributed by atoms with van der Waals surface area (Å²) in [6.07, 6.45) is -0.0553. The summed E-state index contributed by atoms with van der Waals surface area (Å²) in [5.41, 5.74) is 13.1. The van der Waals surface area contributed by atoms with Crippen LogP contribution in [0, 0.1) is 0 Å². The van der Waals surface area contributed by atoms with Gasteiger partial charge in [0.15, 0.2) is 0 Å². The van der Waals surface area contributed by atoms with Crippen molar-refractivity contribution in [3.05, 3.63) is 35.0 Å². The number of benzene rings is 1. The zero-order valence-electron chi connectivity index (χ0n) is 12.0. The molecule has 21 heavy (non-hydrogen) atoms. The number of primary amides is 2. The fourth-order valence-electron chi connectivity index (χ4n) is 2.31. The van der Waals surface area contributed by atoms with Gasteiger partial charge < -0.3 is 21.3 Å². The molecule has 2 rings (SSSR count). The van der Waals surface area contributed by atoms with Crippen LogP contribution >= 0.6 is 0 Å². The van der Waals surface area contributed by atoms with Crippen molar-refractivity contribution in [2.24, 2.45) is 11.5 Å². The molecule has 0 bridgehead atoms. The Morgan fingerprint density at radius 3 is 2.62 bits per heavy atom. The van der Waals surface area contributed by atoms with Crippen LogP contribution < -0.4 is 11.5 Å². The Morgan fingerprint density at radius 1 is 1.33 bits per heavy atom. The first-order valence-electron chi connectivity index (χ1n) is 6.39. The molecular weight excluding hydrogens is 272 g/mol. The monoisotopic (exact) mass is 290 g/mol. The van der Waals surface area contributed by atoms with Gasteiger partial charge in [-0.05, 0) is 11.6 Å². The van der Waals surface area contributed by atoms with Crippen molar-refractivity contribution in [1.29, 1.82) is 0 Å². The zero-order chi connectivity index (χ0) is 15.6. The Morgan fingerprint density at radius 2 is 2.05 bits per heavy atom. The molecule has 0 aliphatic rings. The van der Waals surface area contributed by atoms with Crippen LogP contribution in [-0.4, -0.2) is 36.0 Å². The Labute approximate surface area is 121 Å². The van der Waals surface area contributed by atoms with Crippen molar-refractivity contribution >= 4 is 22.7 Å². The molecule has 7 heteroatoms. The number of fused-ring (bicyclic) bond motifs is 1. The number of nitrogens with one attached hydrogen (secondary N) is 1. The lowest BCUT2D eigenvalue weighted by Gasteiger charge is -2.13. The van der Waals surface area contributed by atoms with Crippen LogP contribution in [0.4, 0.5) is 0 Å². The average molecular weight is 290 g/mol. The molecule has 1 aromatic carbocycles. The second-order valence-corrected chi connectivity index (χ2v) is 4.83. The molecule has 0 spiro atoms. The van der Waals surface area contributed by atoms with Crippen molar-refractivity contribution in [1.82, 2.24) is 10.0 Å². The average Bonchev–Trinajstić information content (AvgIpc) is 2.74. The Kier molecular flexibility index (Phi) is 4.25. The Balaban J connectivity index is 2.48. The molecule has 0 aliphatic carbocycles. The number of aromatic nitrogens is 1. The number of amides is 2. The molecule has 0 atom stereocenters. The van der Waals surface area contributed by atoms with Gasteiger partial charge in [0, 0.05) is 30.2 Å². The summed E-state index contributed by atoms with van der Waals surface area (Å²) in [5, 5.41) is 2.35. The normalized spacial score (nSPS) is 11.2. The van der Waals surface area contributed by atoms with Crippen LogP contribution in [-0.2, 0) is 22.6 Å². The Hall–Kier alpha value is -2.38. The first-order chi connectivity index (χ1) is 9.92. The minimum atomic E-state index is -0.584. The van der Waals surface area contributed by atoms with Gasteiger partial charge in [-0.1, -0.05) is 12.1 Å². The number of H-pyrrole nitrogens is 1. The number of aromatic amines is 1. The highest BCUT2D eigenvalue weighted by Gasteiger charge is 2.17. The lowest BCUT2D eigenvalue weighted by atomic mass is 10.1. The largest absolute Gasteiger partial charge is 0.369 e. The lowest BCUT2D eigenvalue weighted by molar-refractivity contribution is -0.117. The molecule has 112 valence electrons. The van der Waals surface area contributed by atoms with Gasteiger partial charge in [0.05, 0.1) is 19.1 Å². The molecule has 0 saturated heterocycles. The van der Waals surface area contributed by atoms with Gasteiger partial charge in [0.25, 0.3) is 5.91 Å². The van der Waals surface area contributed by atoms with Crippen LogP contribution in [0.3, 0.4) is 0 Å². The summed E-state index contributed by atoms with van der Waals surface area (Å²) in [6.45, 7) is 0.586. The highest BCUT2D eigenvalue weighted by Crippen LogP contribution is 2.24. The van der Waals surface area contributed by atoms with E-state index >= 15 is 0 Å². The van der Waals surface area contributed by atoms with E-state index in [9.17, 15) is 9.59 Å². The summed E-state index contributed by atoms with van der Waals surface area (Å²) in [6, 6.07) is 5.57. The number of nitrogens with two attached hydrogens (primary N) is 2. The molecule has 0 saturated carbocycles. The molecule has 7 nitrogen and oxygen atoms in total. The predicted octanol–water partition coefficient (Wildman–Crippen LogP) is 0.288. The summed E-state index contributed by atoms with van der Waals surface area (Å²) in [7, 11) is 3.40. The molecule has 2 amide bonds. The third-order valence-electron chi connectivity index (χ3n) is 3.25. The number of hydroxylamine groups is 2. The first kappa shape index (κ1) is 15.0. The van der Waals surface area contributed by atoms with E-state index in [-0.39, 0.29) is 6.42 Å². The van der Waals surface area contributed by atoms with Gasteiger partial charge >= 0.3 is 0 Å². The van der Waals surface area contributed by atoms with Gasteiger partial charge in [-0.2, -0.15) is 5.06 Å². The first-order valence-corrected chi connectivity index (χ1v) is 6.39. The molecule has 0 unspecified atom stereocenters. The molecule has 0 radical (unpaired) electrons. The van der Waals surface area contributed by atoms with E-state index < -0.39 is 11.8 Å². The number of hydrogen-bond acceptors (Lipinski definition) is 4. The second kappa shape index (κ2) is 5.94. The Bertz CT molecular complexity index is 693. The van der Waals surface area contributed by atoms with E-state index in [4.69, 9.17) is 16.3 Å². The van der Waals surface area contributed by atoms with Gasteiger partial charge in [-0.15, -0.1) is 0 Å². The quantitative estimate of drug-likeness (QED) is 0.663. The third-order valence-corrected chi connectivity index (χ3v) is 3.25. The lowest BCUT2D eigenvalue weighted by Crippen LogP contribution is -2.18. The molecule has 0 fully saturated rings. The minimum Gasteiger partial charge on any atom is -0.369 e. The number of carbonyl (C=O) groups is 2. The van der Waals surface area contributed by atoms with E-state index in [2.05, 4.69) is 4.98 Å². The molecule has 2 aromatic rings. The van der Waals surface area contributed by atoms with Crippen molar-refractivity contribution < 1.29 is 14.4 Å². The highest BCUT2D eigenvalue weighted by atomic mass is 16.7. The smallest absolute Gasteiger partial charge is 0.251 e. The maximum absolute atomic E-state index is 11.6. The number of nitrogens with zero attached hydrogens (tertiary/aromatic N) is 1.